The van der Waals surface area contributed by atoms with Crippen LogP contribution in [0.5, 0.6) is 0 Å². The van der Waals surface area contributed by atoms with Crippen LogP contribution in [0.4, 0.5) is 17.1 Å². The number of rotatable bonds is 6. The molecular formula is C56H35NOS. The van der Waals surface area contributed by atoms with Gasteiger partial charge in [0.2, 0.25) is 0 Å². The first-order valence-electron chi connectivity index (χ1n) is 20.1. The van der Waals surface area contributed by atoms with Crippen LogP contribution < -0.4 is 4.90 Å². The van der Waals surface area contributed by atoms with Crippen molar-refractivity contribution in [2.75, 3.05) is 4.90 Å². The number of furan rings is 1. The van der Waals surface area contributed by atoms with Gasteiger partial charge in [-0.15, -0.1) is 11.3 Å². The number of hydrogen-bond acceptors (Lipinski definition) is 3. The molecule has 12 aromatic rings. The topological polar surface area (TPSA) is 16.4 Å². The van der Waals surface area contributed by atoms with Gasteiger partial charge in [0.05, 0.1) is 11.1 Å². The van der Waals surface area contributed by atoms with Gasteiger partial charge in [-0.2, -0.15) is 0 Å². The van der Waals surface area contributed by atoms with Gasteiger partial charge in [-0.1, -0.05) is 152 Å². The Morgan fingerprint density at radius 2 is 0.983 bits per heavy atom. The second-order valence-electron chi connectivity index (χ2n) is 15.3. The molecule has 2 heterocycles. The second kappa shape index (κ2) is 13.6. The molecule has 0 aliphatic rings. The highest BCUT2D eigenvalue weighted by Gasteiger charge is 2.21. The van der Waals surface area contributed by atoms with Gasteiger partial charge >= 0.3 is 0 Å². The Kier molecular flexibility index (Phi) is 7.75. The zero-order valence-corrected chi connectivity index (χ0v) is 32.8. The molecule has 0 N–H and O–H groups in total. The average molecular weight is 770 g/mol. The Hall–Kier alpha value is -7.46. The van der Waals surface area contributed by atoms with E-state index in [0.29, 0.717) is 0 Å². The van der Waals surface area contributed by atoms with E-state index < -0.39 is 0 Å². The standard InChI is InChI=1S/C56H35NOS/c1-3-18-45-37(11-1)13-9-21-46(45)42-16-7-14-39(33-42)36-25-29-43(30-26-36)57(51-22-10-23-52-55(51)50-32-27-38-12-2-4-19-47(38)56(50)58-52)44-17-8-15-40(34-44)41-28-31-49-48-20-5-6-24-53(48)59-54(49)35-41/h1-35H. The number of benzene rings is 10. The number of anilines is 3. The van der Waals surface area contributed by atoms with Crippen LogP contribution in [0.15, 0.2) is 217 Å². The minimum Gasteiger partial charge on any atom is -0.455 e. The van der Waals surface area contributed by atoms with Gasteiger partial charge in [-0.25, -0.2) is 0 Å². The molecular weight excluding hydrogens is 735 g/mol. The van der Waals surface area contributed by atoms with Crippen molar-refractivity contribution >= 4 is 92.1 Å². The summed E-state index contributed by atoms with van der Waals surface area (Å²) in [6.07, 6.45) is 0. The second-order valence-corrected chi connectivity index (χ2v) is 16.3. The van der Waals surface area contributed by atoms with Crippen molar-refractivity contribution in [3.63, 3.8) is 0 Å². The summed E-state index contributed by atoms with van der Waals surface area (Å²) in [5.41, 5.74) is 12.2. The molecule has 0 amide bonds. The molecule has 0 bridgehead atoms. The molecule has 12 rings (SSSR count). The molecule has 0 saturated heterocycles. The number of nitrogens with zero attached hydrogens (tertiary/aromatic N) is 1. The van der Waals surface area contributed by atoms with Crippen LogP contribution in [-0.2, 0) is 0 Å². The summed E-state index contributed by atoms with van der Waals surface area (Å²) in [5.74, 6) is 0. The Morgan fingerprint density at radius 1 is 0.356 bits per heavy atom. The summed E-state index contributed by atoms with van der Waals surface area (Å²) in [6, 6.07) is 77.0. The summed E-state index contributed by atoms with van der Waals surface area (Å²) < 4.78 is 9.33. The molecule has 0 spiro atoms. The number of thiophene rings is 1. The Morgan fingerprint density at radius 3 is 1.86 bits per heavy atom. The molecule has 0 fully saturated rings. The van der Waals surface area contributed by atoms with Crippen molar-refractivity contribution in [1.82, 2.24) is 0 Å². The predicted octanol–water partition coefficient (Wildman–Crippen LogP) is 16.7. The zero-order chi connectivity index (χ0) is 38.9. The lowest BCUT2D eigenvalue weighted by Gasteiger charge is -2.27. The third-order valence-corrected chi connectivity index (χ3v) is 13.0. The minimum atomic E-state index is 0.868. The summed E-state index contributed by atoms with van der Waals surface area (Å²) in [7, 11) is 0. The maximum absolute atomic E-state index is 6.71. The van der Waals surface area contributed by atoms with Crippen LogP contribution in [0.2, 0.25) is 0 Å². The van der Waals surface area contributed by atoms with Crippen LogP contribution in [0, 0.1) is 0 Å². The quantitative estimate of drug-likeness (QED) is 0.167. The van der Waals surface area contributed by atoms with Gasteiger partial charge < -0.3 is 9.32 Å². The van der Waals surface area contributed by atoms with E-state index >= 15 is 0 Å². The number of fused-ring (bicyclic) bond motifs is 9. The normalized spacial score (nSPS) is 11.7. The maximum Gasteiger partial charge on any atom is 0.143 e. The molecule has 3 heteroatoms. The van der Waals surface area contributed by atoms with Crippen LogP contribution in [-0.4, -0.2) is 0 Å². The van der Waals surface area contributed by atoms with Crippen molar-refractivity contribution in [1.29, 1.82) is 0 Å². The summed E-state index contributed by atoms with van der Waals surface area (Å²) >= 11 is 1.86. The summed E-state index contributed by atoms with van der Waals surface area (Å²) in [5, 5.41) is 9.62. The van der Waals surface area contributed by atoms with Crippen molar-refractivity contribution in [2.45, 2.75) is 0 Å². The fraction of sp³-hybridized carbons (Fsp3) is 0. The van der Waals surface area contributed by atoms with E-state index in [9.17, 15) is 0 Å². The molecule has 0 aliphatic carbocycles. The molecule has 276 valence electrons. The highest BCUT2D eigenvalue weighted by molar-refractivity contribution is 7.25. The van der Waals surface area contributed by atoms with Crippen molar-refractivity contribution in [2.24, 2.45) is 0 Å². The van der Waals surface area contributed by atoms with Crippen molar-refractivity contribution < 1.29 is 4.42 Å². The first-order valence-corrected chi connectivity index (χ1v) is 20.9. The van der Waals surface area contributed by atoms with Crippen LogP contribution >= 0.6 is 11.3 Å². The third-order valence-electron chi connectivity index (χ3n) is 11.8. The highest BCUT2D eigenvalue weighted by atomic mass is 32.1. The lowest BCUT2D eigenvalue weighted by atomic mass is 9.95. The molecule has 0 radical (unpaired) electrons. The number of hydrogen-bond donors (Lipinski definition) is 0. The van der Waals surface area contributed by atoms with Crippen LogP contribution in [0.25, 0.3) is 97.0 Å². The summed E-state index contributed by atoms with van der Waals surface area (Å²) in [4.78, 5) is 2.39. The van der Waals surface area contributed by atoms with Gasteiger partial charge in [-0.05, 0) is 110 Å². The first kappa shape index (κ1) is 33.7. The fourth-order valence-electron chi connectivity index (χ4n) is 9.03. The van der Waals surface area contributed by atoms with E-state index in [1.54, 1.807) is 0 Å². The summed E-state index contributed by atoms with van der Waals surface area (Å²) in [6.45, 7) is 0. The highest BCUT2D eigenvalue weighted by Crippen LogP contribution is 2.46. The average Bonchev–Trinajstić information content (AvgIpc) is 3.88. The van der Waals surface area contributed by atoms with Gasteiger partial charge in [0, 0.05) is 42.3 Å². The minimum absolute atomic E-state index is 0.868. The van der Waals surface area contributed by atoms with Gasteiger partial charge in [0.1, 0.15) is 11.2 Å². The SMILES string of the molecule is c1cc(-c2ccc(N(c3cccc(-c4ccc5c(c4)sc4ccccc45)c3)c3cccc4oc5c6ccccc6ccc5c34)cc2)cc(-c2cccc3ccccc23)c1. The molecule has 59 heavy (non-hydrogen) atoms. The molecule has 0 unspecified atom stereocenters. The van der Waals surface area contributed by atoms with Crippen molar-refractivity contribution in [3.05, 3.63) is 212 Å². The first-order chi connectivity index (χ1) is 29.2. The molecule has 0 aliphatic heterocycles. The Bertz CT molecular complexity index is 3570. The molecule has 2 aromatic heterocycles. The van der Waals surface area contributed by atoms with Gasteiger partial charge in [-0.3, -0.25) is 0 Å². The maximum atomic E-state index is 6.71. The predicted molar refractivity (Wildman–Crippen MR) is 253 cm³/mol. The van der Waals surface area contributed by atoms with E-state index in [1.807, 2.05) is 11.3 Å². The molecule has 10 aromatic carbocycles. The molecule has 2 nitrogen and oxygen atoms in total. The van der Waals surface area contributed by atoms with Crippen LogP contribution in [0.1, 0.15) is 0 Å². The lowest BCUT2D eigenvalue weighted by Crippen LogP contribution is -2.10. The monoisotopic (exact) mass is 769 g/mol. The van der Waals surface area contributed by atoms with E-state index in [4.69, 9.17) is 4.42 Å². The van der Waals surface area contributed by atoms with Crippen LogP contribution in [0.3, 0.4) is 0 Å². The molecule has 0 atom stereocenters. The Balaban J connectivity index is 1.01. The van der Waals surface area contributed by atoms with E-state index in [2.05, 4.69) is 217 Å². The van der Waals surface area contributed by atoms with Gasteiger partial charge in [0.25, 0.3) is 0 Å². The third kappa shape index (κ3) is 5.62. The smallest absolute Gasteiger partial charge is 0.143 e. The fourth-order valence-corrected chi connectivity index (χ4v) is 10.2. The van der Waals surface area contributed by atoms with Crippen molar-refractivity contribution in [3.8, 4) is 33.4 Å². The largest absolute Gasteiger partial charge is 0.455 e. The zero-order valence-electron chi connectivity index (χ0n) is 32.0. The van der Waals surface area contributed by atoms with E-state index in [1.165, 1.54) is 69.7 Å². The molecule has 0 saturated carbocycles. The van der Waals surface area contributed by atoms with E-state index in [0.717, 1.165) is 44.4 Å². The van der Waals surface area contributed by atoms with E-state index in [-0.39, 0.29) is 0 Å². The van der Waals surface area contributed by atoms with Gasteiger partial charge in [0.15, 0.2) is 0 Å². The lowest BCUT2D eigenvalue weighted by molar-refractivity contribution is 0.672. The Labute approximate surface area is 345 Å².